The molecule has 94 valence electrons. The molecule has 2 nitrogen and oxygen atoms in total. The third kappa shape index (κ3) is 2.37. The number of benzene rings is 1. The molecule has 2 fully saturated rings. The Morgan fingerprint density at radius 1 is 1.17 bits per heavy atom. The van der Waals surface area contributed by atoms with Gasteiger partial charge in [-0.05, 0) is 61.8 Å². The first-order chi connectivity index (χ1) is 8.85. The highest BCUT2D eigenvalue weighted by Gasteiger charge is 2.40. The first-order valence-electron chi connectivity index (χ1n) is 6.71. The van der Waals surface area contributed by atoms with Crippen LogP contribution in [0.5, 0.6) is 5.75 Å². The molecule has 0 heterocycles. The summed E-state index contributed by atoms with van der Waals surface area (Å²) in [5.74, 6) is 8.17. The number of aliphatic hydroxyl groups excluding tert-OH is 1. The highest BCUT2D eigenvalue weighted by Crippen LogP contribution is 2.45. The molecule has 2 heteroatoms. The van der Waals surface area contributed by atoms with Gasteiger partial charge in [0.15, 0.2) is 0 Å². The number of aliphatic hydroxyl groups is 1. The molecule has 2 aliphatic carbocycles. The highest BCUT2D eigenvalue weighted by atomic mass is 16.5. The van der Waals surface area contributed by atoms with E-state index in [9.17, 15) is 0 Å². The molecule has 3 rings (SSSR count). The number of rotatable bonds is 2. The van der Waals surface area contributed by atoms with Gasteiger partial charge >= 0.3 is 0 Å². The molecule has 1 aromatic carbocycles. The van der Waals surface area contributed by atoms with E-state index in [1.807, 2.05) is 24.3 Å². The zero-order valence-electron chi connectivity index (χ0n) is 10.4. The third-order valence-electron chi connectivity index (χ3n) is 4.13. The molecule has 0 radical (unpaired) electrons. The van der Waals surface area contributed by atoms with Crippen molar-refractivity contribution in [1.29, 1.82) is 0 Å². The molecule has 2 bridgehead atoms. The van der Waals surface area contributed by atoms with Crippen molar-refractivity contribution in [2.75, 3.05) is 6.61 Å². The van der Waals surface area contributed by atoms with Crippen LogP contribution in [0.2, 0.25) is 0 Å². The van der Waals surface area contributed by atoms with Gasteiger partial charge in [0.1, 0.15) is 18.5 Å². The SMILES string of the molecule is OCC#Cc1ccc(OC2CC3CCC2C3)cc1. The maximum absolute atomic E-state index is 8.63. The molecule has 2 saturated carbocycles. The van der Waals surface area contributed by atoms with E-state index in [0.29, 0.717) is 6.10 Å². The molecule has 0 aromatic heterocycles. The fraction of sp³-hybridized carbons (Fsp3) is 0.500. The van der Waals surface area contributed by atoms with Crippen LogP contribution in [0.3, 0.4) is 0 Å². The lowest BCUT2D eigenvalue weighted by atomic mass is 9.98. The van der Waals surface area contributed by atoms with Gasteiger partial charge < -0.3 is 9.84 Å². The summed E-state index contributed by atoms with van der Waals surface area (Å²) >= 11 is 0. The number of hydrogen-bond acceptors (Lipinski definition) is 2. The molecule has 0 spiro atoms. The van der Waals surface area contributed by atoms with Crippen LogP contribution in [0.4, 0.5) is 0 Å². The van der Waals surface area contributed by atoms with Gasteiger partial charge in [-0.15, -0.1) is 0 Å². The summed E-state index contributed by atoms with van der Waals surface area (Å²) in [4.78, 5) is 0. The van der Waals surface area contributed by atoms with Crippen LogP contribution in [0, 0.1) is 23.7 Å². The Kier molecular flexibility index (Phi) is 3.25. The Labute approximate surface area is 108 Å². The second kappa shape index (κ2) is 5.04. The van der Waals surface area contributed by atoms with E-state index in [0.717, 1.165) is 23.1 Å². The van der Waals surface area contributed by atoms with Crippen molar-refractivity contribution in [2.45, 2.75) is 31.8 Å². The second-order valence-electron chi connectivity index (χ2n) is 5.32. The number of ether oxygens (including phenoxy) is 1. The maximum Gasteiger partial charge on any atom is 0.119 e. The van der Waals surface area contributed by atoms with E-state index < -0.39 is 0 Å². The fourth-order valence-corrected chi connectivity index (χ4v) is 3.26. The van der Waals surface area contributed by atoms with Gasteiger partial charge in [-0.3, -0.25) is 0 Å². The zero-order valence-corrected chi connectivity index (χ0v) is 10.4. The van der Waals surface area contributed by atoms with Gasteiger partial charge in [-0.2, -0.15) is 0 Å². The minimum Gasteiger partial charge on any atom is -0.490 e. The predicted octanol–water partition coefficient (Wildman–Crippen LogP) is 2.60. The van der Waals surface area contributed by atoms with Crippen molar-refractivity contribution in [1.82, 2.24) is 0 Å². The first-order valence-corrected chi connectivity index (χ1v) is 6.71. The average molecular weight is 242 g/mol. The average Bonchev–Trinajstić information content (AvgIpc) is 3.00. The van der Waals surface area contributed by atoms with Crippen molar-refractivity contribution < 1.29 is 9.84 Å². The Bertz CT molecular complexity index is 466. The molecule has 0 saturated heterocycles. The molecule has 18 heavy (non-hydrogen) atoms. The van der Waals surface area contributed by atoms with E-state index in [2.05, 4.69) is 11.8 Å². The van der Waals surface area contributed by atoms with E-state index in [1.54, 1.807) is 0 Å². The van der Waals surface area contributed by atoms with Crippen LogP contribution in [-0.2, 0) is 0 Å². The van der Waals surface area contributed by atoms with Crippen LogP contribution in [0.25, 0.3) is 0 Å². The summed E-state index contributed by atoms with van der Waals surface area (Å²) in [6.45, 7) is -0.0939. The molecular weight excluding hydrogens is 224 g/mol. The largest absolute Gasteiger partial charge is 0.490 e. The normalized spacial score (nSPS) is 28.8. The van der Waals surface area contributed by atoms with Crippen LogP contribution in [0.15, 0.2) is 24.3 Å². The molecule has 2 aliphatic rings. The van der Waals surface area contributed by atoms with Gasteiger partial charge in [0.25, 0.3) is 0 Å². The molecule has 1 N–H and O–H groups in total. The summed E-state index contributed by atoms with van der Waals surface area (Å²) in [5, 5.41) is 8.63. The summed E-state index contributed by atoms with van der Waals surface area (Å²) in [6, 6.07) is 7.86. The molecule has 3 unspecified atom stereocenters. The molecule has 0 aliphatic heterocycles. The summed E-state index contributed by atoms with van der Waals surface area (Å²) in [6.07, 6.45) is 5.77. The Morgan fingerprint density at radius 3 is 2.61 bits per heavy atom. The first kappa shape index (κ1) is 11.6. The Hall–Kier alpha value is -1.46. The molecular formula is C16H18O2. The van der Waals surface area contributed by atoms with E-state index in [1.165, 1.54) is 25.7 Å². The molecule has 1 aromatic rings. The highest BCUT2D eigenvalue weighted by molar-refractivity contribution is 5.38. The monoisotopic (exact) mass is 242 g/mol. The standard InChI is InChI=1S/C16H18O2/c17-9-1-2-12-4-7-15(8-5-12)18-16-11-13-3-6-14(16)10-13/h4-5,7-8,13-14,16-17H,3,6,9-11H2. The van der Waals surface area contributed by atoms with E-state index in [-0.39, 0.29) is 6.61 Å². The zero-order chi connectivity index (χ0) is 12.4. The van der Waals surface area contributed by atoms with Crippen LogP contribution in [-0.4, -0.2) is 17.8 Å². The van der Waals surface area contributed by atoms with Crippen molar-refractivity contribution in [3.8, 4) is 17.6 Å². The van der Waals surface area contributed by atoms with Gasteiger partial charge in [0.05, 0.1) is 0 Å². The third-order valence-corrected chi connectivity index (χ3v) is 4.13. The predicted molar refractivity (Wildman–Crippen MR) is 70.3 cm³/mol. The van der Waals surface area contributed by atoms with Crippen LogP contribution >= 0.6 is 0 Å². The van der Waals surface area contributed by atoms with Gasteiger partial charge in [-0.1, -0.05) is 11.8 Å². The van der Waals surface area contributed by atoms with E-state index >= 15 is 0 Å². The smallest absolute Gasteiger partial charge is 0.119 e. The lowest BCUT2D eigenvalue weighted by Gasteiger charge is -2.23. The topological polar surface area (TPSA) is 29.5 Å². The quantitative estimate of drug-likeness (QED) is 0.808. The van der Waals surface area contributed by atoms with Crippen LogP contribution < -0.4 is 4.74 Å². The minimum absolute atomic E-state index is 0.0939. The lowest BCUT2D eigenvalue weighted by Crippen LogP contribution is -2.23. The Balaban J connectivity index is 1.63. The number of hydrogen-bond donors (Lipinski definition) is 1. The minimum atomic E-state index is -0.0939. The van der Waals surface area contributed by atoms with Crippen LogP contribution in [0.1, 0.15) is 31.2 Å². The fourth-order valence-electron chi connectivity index (χ4n) is 3.26. The van der Waals surface area contributed by atoms with Gasteiger partial charge in [0.2, 0.25) is 0 Å². The van der Waals surface area contributed by atoms with Crippen molar-refractivity contribution in [3.63, 3.8) is 0 Å². The Morgan fingerprint density at radius 2 is 2.00 bits per heavy atom. The summed E-state index contributed by atoms with van der Waals surface area (Å²) < 4.78 is 6.07. The van der Waals surface area contributed by atoms with Crippen molar-refractivity contribution in [3.05, 3.63) is 29.8 Å². The van der Waals surface area contributed by atoms with Crippen molar-refractivity contribution >= 4 is 0 Å². The maximum atomic E-state index is 8.63. The second-order valence-corrected chi connectivity index (χ2v) is 5.32. The number of fused-ring (bicyclic) bond motifs is 2. The lowest BCUT2D eigenvalue weighted by molar-refractivity contribution is 0.138. The summed E-state index contributed by atoms with van der Waals surface area (Å²) in [7, 11) is 0. The van der Waals surface area contributed by atoms with Crippen molar-refractivity contribution in [2.24, 2.45) is 11.8 Å². The summed E-state index contributed by atoms with van der Waals surface area (Å²) in [5.41, 5.74) is 0.921. The van der Waals surface area contributed by atoms with Gasteiger partial charge in [0, 0.05) is 5.56 Å². The molecule has 3 atom stereocenters. The van der Waals surface area contributed by atoms with E-state index in [4.69, 9.17) is 9.84 Å². The molecule has 0 amide bonds. The van der Waals surface area contributed by atoms with Gasteiger partial charge in [-0.25, -0.2) is 0 Å².